The van der Waals surface area contributed by atoms with E-state index in [4.69, 9.17) is 0 Å². The summed E-state index contributed by atoms with van der Waals surface area (Å²) in [4.78, 5) is 16.8. The lowest BCUT2D eigenvalue weighted by molar-refractivity contribution is -0.385. The van der Waals surface area contributed by atoms with Gasteiger partial charge in [-0.2, -0.15) is 0 Å². The van der Waals surface area contributed by atoms with E-state index in [1.54, 1.807) is 0 Å². The minimum absolute atomic E-state index is 0.00530. The number of nitrogens with zero attached hydrogens (tertiary/aromatic N) is 3. The van der Waals surface area contributed by atoms with Crippen LogP contribution in [0.4, 0.5) is 11.5 Å². The zero-order chi connectivity index (χ0) is 14.7. The molecule has 1 fully saturated rings. The van der Waals surface area contributed by atoms with Gasteiger partial charge in [-0.05, 0) is 48.7 Å². The van der Waals surface area contributed by atoms with E-state index in [0.717, 1.165) is 19.6 Å². The number of anilines is 1. The molecule has 0 spiro atoms. The van der Waals surface area contributed by atoms with Gasteiger partial charge >= 0.3 is 0 Å². The van der Waals surface area contributed by atoms with Crippen molar-refractivity contribution in [1.29, 1.82) is 0 Å². The summed E-state index contributed by atoms with van der Waals surface area (Å²) in [7, 11) is 0. The maximum Gasteiger partial charge on any atom is 0.288 e. The molecule has 0 aromatic carbocycles. The Kier molecular flexibility index (Phi) is 4.93. The van der Waals surface area contributed by atoms with Crippen LogP contribution in [0.5, 0.6) is 0 Å². The minimum Gasteiger partial charge on any atom is -0.369 e. The second-order valence-corrected chi connectivity index (χ2v) is 6.26. The van der Waals surface area contributed by atoms with E-state index < -0.39 is 4.92 Å². The van der Waals surface area contributed by atoms with Gasteiger partial charge in [-0.3, -0.25) is 10.1 Å². The average molecular weight is 343 g/mol. The van der Waals surface area contributed by atoms with Gasteiger partial charge in [0, 0.05) is 25.2 Å². The predicted molar refractivity (Wildman–Crippen MR) is 81.9 cm³/mol. The highest BCUT2D eigenvalue weighted by Crippen LogP contribution is 2.25. The molecule has 0 saturated carbocycles. The van der Waals surface area contributed by atoms with Gasteiger partial charge in [-0.25, -0.2) is 4.98 Å². The summed E-state index contributed by atoms with van der Waals surface area (Å²) < 4.78 is 0.630. The van der Waals surface area contributed by atoms with Crippen molar-refractivity contribution in [3.05, 3.63) is 26.9 Å². The van der Waals surface area contributed by atoms with Crippen molar-refractivity contribution in [1.82, 2.24) is 9.88 Å². The zero-order valence-electron chi connectivity index (χ0n) is 11.7. The lowest BCUT2D eigenvalue weighted by Crippen LogP contribution is -2.29. The third-order valence-electron chi connectivity index (χ3n) is 3.64. The number of likely N-dealkylation sites (tertiary alicyclic amines) is 1. The standard InChI is InChI=1S/C13H19BrN4O2/c1-9(2)17-4-3-10(8-17)6-15-13-12(14)5-11(7-16-13)18(19)20/h5,7,9-10H,3-4,6,8H2,1-2H3,(H,15,16). The Labute approximate surface area is 126 Å². The lowest BCUT2D eigenvalue weighted by Gasteiger charge is -2.20. The van der Waals surface area contributed by atoms with Crippen LogP contribution in [0.15, 0.2) is 16.7 Å². The maximum absolute atomic E-state index is 10.7. The molecule has 2 rings (SSSR count). The summed E-state index contributed by atoms with van der Waals surface area (Å²) in [6.45, 7) is 7.50. The molecule has 1 saturated heterocycles. The molecule has 1 aromatic rings. The number of hydrogen-bond acceptors (Lipinski definition) is 5. The molecule has 7 heteroatoms. The van der Waals surface area contributed by atoms with Crippen LogP contribution in [-0.2, 0) is 0 Å². The third-order valence-corrected chi connectivity index (χ3v) is 4.25. The average Bonchev–Trinajstić information content (AvgIpc) is 2.86. The molecular weight excluding hydrogens is 324 g/mol. The Bertz CT molecular complexity index is 495. The SMILES string of the molecule is CC(C)N1CCC(CNc2ncc([N+](=O)[O-])cc2Br)C1. The first kappa shape index (κ1) is 15.2. The highest BCUT2D eigenvalue weighted by Gasteiger charge is 2.24. The van der Waals surface area contributed by atoms with Crippen LogP contribution in [0, 0.1) is 16.0 Å². The number of rotatable bonds is 5. The second kappa shape index (κ2) is 6.49. The number of nitro groups is 1. The second-order valence-electron chi connectivity index (χ2n) is 5.41. The van der Waals surface area contributed by atoms with Gasteiger partial charge in [0.05, 0.1) is 9.40 Å². The Morgan fingerprint density at radius 1 is 1.65 bits per heavy atom. The van der Waals surface area contributed by atoms with E-state index in [-0.39, 0.29) is 5.69 Å². The largest absolute Gasteiger partial charge is 0.369 e. The summed E-state index contributed by atoms with van der Waals surface area (Å²) in [5.74, 6) is 1.26. The van der Waals surface area contributed by atoms with Gasteiger partial charge < -0.3 is 10.2 Å². The van der Waals surface area contributed by atoms with Gasteiger partial charge in [0.25, 0.3) is 5.69 Å². The number of hydrogen-bond donors (Lipinski definition) is 1. The van der Waals surface area contributed by atoms with Crippen molar-refractivity contribution < 1.29 is 4.92 Å². The molecule has 6 nitrogen and oxygen atoms in total. The topological polar surface area (TPSA) is 71.3 Å². The van der Waals surface area contributed by atoms with Gasteiger partial charge in [-0.1, -0.05) is 0 Å². The van der Waals surface area contributed by atoms with Crippen molar-refractivity contribution >= 4 is 27.4 Å². The molecule has 0 radical (unpaired) electrons. The number of pyridine rings is 1. The number of nitrogens with one attached hydrogen (secondary N) is 1. The van der Waals surface area contributed by atoms with E-state index in [1.165, 1.54) is 18.7 Å². The van der Waals surface area contributed by atoms with E-state index in [2.05, 4.69) is 45.0 Å². The van der Waals surface area contributed by atoms with Crippen molar-refractivity contribution in [2.24, 2.45) is 5.92 Å². The Hall–Kier alpha value is -1.21. The highest BCUT2D eigenvalue weighted by molar-refractivity contribution is 9.10. The van der Waals surface area contributed by atoms with Crippen LogP contribution in [0.1, 0.15) is 20.3 Å². The fraction of sp³-hybridized carbons (Fsp3) is 0.615. The van der Waals surface area contributed by atoms with E-state index in [9.17, 15) is 10.1 Å². The van der Waals surface area contributed by atoms with Crippen molar-refractivity contribution in [3.63, 3.8) is 0 Å². The van der Waals surface area contributed by atoms with Crippen molar-refractivity contribution in [3.8, 4) is 0 Å². The van der Waals surface area contributed by atoms with E-state index in [1.807, 2.05) is 0 Å². The maximum atomic E-state index is 10.7. The molecular formula is C13H19BrN4O2. The van der Waals surface area contributed by atoms with Gasteiger partial charge in [0.1, 0.15) is 12.0 Å². The van der Waals surface area contributed by atoms with Gasteiger partial charge in [0.15, 0.2) is 0 Å². The number of aromatic nitrogens is 1. The fourth-order valence-electron chi connectivity index (χ4n) is 2.40. The molecule has 0 amide bonds. The van der Waals surface area contributed by atoms with Crippen molar-refractivity contribution in [2.45, 2.75) is 26.3 Å². The van der Waals surface area contributed by atoms with Crippen molar-refractivity contribution in [2.75, 3.05) is 25.0 Å². The smallest absolute Gasteiger partial charge is 0.288 e. The molecule has 1 aromatic heterocycles. The first-order valence-electron chi connectivity index (χ1n) is 6.75. The Balaban J connectivity index is 1.90. The third kappa shape index (κ3) is 3.67. The Morgan fingerprint density at radius 2 is 2.40 bits per heavy atom. The summed E-state index contributed by atoms with van der Waals surface area (Å²) in [6.07, 6.45) is 2.46. The van der Waals surface area contributed by atoms with Crippen LogP contribution < -0.4 is 5.32 Å². The van der Waals surface area contributed by atoms with E-state index in [0.29, 0.717) is 22.3 Å². The highest BCUT2D eigenvalue weighted by atomic mass is 79.9. The summed E-state index contributed by atoms with van der Waals surface area (Å²) in [5, 5.41) is 13.9. The molecule has 1 N–H and O–H groups in total. The normalized spacial score (nSPS) is 19.5. The van der Waals surface area contributed by atoms with E-state index >= 15 is 0 Å². The molecule has 0 bridgehead atoms. The summed E-state index contributed by atoms with van der Waals surface area (Å²) >= 11 is 3.32. The fourth-order valence-corrected chi connectivity index (χ4v) is 2.87. The molecule has 110 valence electrons. The zero-order valence-corrected chi connectivity index (χ0v) is 13.3. The first-order chi connectivity index (χ1) is 9.47. The van der Waals surface area contributed by atoms with Crippen LogP contribution in [0.2, 0.25) is 0 Å². The first-order valence-corrected chi connectivity index (χ1v) is 7.54. The van der Waals surface area contributed by atoms with Gasteiger partial charge in [-0.15, -0.1) is 0 Å². The van der Waals surface area contributed by atoms with Gasteiger partial charge in [0.2, 0.25) is 0 Å². The molecule has 1 atom stereocenters. The minimum atomic E-state index is -0.445. The molecule has 20 heavy (non-hydrogen) atoms. The molecule has 1 aliphatic rings. The predicted octanol–water partition coefficient (Wildman–Crippen LogP) is 2.89. The van der Waals surface area contributed by atoms with Crippen LogP contribution in [0.25, 0.3) is 0 Å². The molecule has 1 unspecified atom stereocenters. The van der Waals surface area contributed by atoms with Crippen LogP contribution >= 0.6 is 15.9 Å². The molecule has 0 aliphatic carbocycles. The quantitative estimate of drug-likeness (QED) is 0.657. The Morgan fingerprint density at radius 3 is 2.95 bits per heavy atom. The molecule has 2 heterocycles. The monoisotopic (exact) mass is 342 g/mol. The summed E-state index contributed by atoms with van der Waals surface area (Å²) in [6, 6.07) is 2.06. The summed E-state index contributed by atoms with van der Waals surface area (Å²) in [5.41, 5.74) is -0.00530. The molecule has 1 aliphatic heterocycles. The lowest BCUT2D eigenvalue weighted by atomic mass is 10.1. The number of halogens is 1. The van der Waals surface area contributed by atoms with Crippen LogP contribution in [0.3, 0.4) is 0 Å². The van der Waals surface area contributed by atoms with Crippen LogP contribution in [-0.4, -0.2) is 40.5 Å².